The van der Waals surface area contributed by atoms with E-state index < -0.39 is 18.2 Å². The second kappa shape index (κ2) is 14.5. The summed E-state index contributed by atoms with van der Waals surface area (Å²) in [6.45, 7) is 3.08. The number of carbonyl (C=O) groups excluding carboxylic acids is 3. The average molecular weight is 642 g/mol. The van der Waals surface area contributed by atoms with Gasteiger partial charge in [0.05, 0.1) is 6.04 Å². The normalized spacial score (nSPS) is 19.2. The first kappa shape index (κ1) is 32.5. The fourth-order valence-corrected chi connectivity index (χ4v) is 7.23. The van der Waals surface area contributed by atoms with Crippen LogP contribution in [0.2, 0.25) is 0 Å². The summed E-state index contributed by atoms with van der Waals surface area (Å²) in [5.41, 5.74) is 3.78. The first-order chi connectivity index (χ1) is 22.8. The Hall–Kier alpha value is -4.47. The van der Waals surface area contributed by atoms with Gasteiger partial charge in [0.15, 0.2) is 0 Å². The molecule has 1 aliphatic carbocycles. The fraction of sp³-hybridized carbons (Fsp3) is 0.459. The number of pyridine rings is 1. The van der Waals surface area contributed by atoms with Crippen LogP contribution in [-0.4, -0.2) is 64.9 Å². The second-order valence-corrected chi connectivity index (χ2v) is 13.0. The van der Waals surface area contributed by atoms with Crippen molar-refractivity contribution in [3.8, 4) is 0 Å². The van der Waals surface area contributed by atoms with Crippen LogP contribution in [0.25, 0.3) is 0 Å². The summed E-state index contributed by atoms with van der Waals surface area (Å²) in [7, 11) is 1.54. The van der Waals surface area contributed by atoms with E-state index in [1.165, 1.54) is 11.0 Å². The number of likely N-dealkylation sites (N-methyl/N-ethyl adjacent to an activating group) is 1. The molecule has 10 heteroatoms. The quantitative estimate of drug-likeness (QED) is 0.295. The number of nitrogens with one attached hydrogen (secondary N) is 1. The number of benzene rings is 2. The van der Waals surface area contributed by atoms with Crippen molar-refractivity contribution < 1.29 is 23.5 Å². The van der Waals surface area contributed by atoms with Crippen molar-refractivity contribution in [2.45, 2.75) is 83.0 Å². The van der Waals surface area contributed by atoms with Gasteiger partial charge in [0.1, 0.15) is 30.3 Å². The van der Waals surface area contributed by atoms with E-state index in [9.17, 15) is 18.8 Å². The minimum absolute atomic E-state index is 0.0264. The number of nitrogens with zero attached hydrogens (tertiary/aromatic N) is 4. The maximum absolute atomic E-state index is 14.4. The molecule has 2 aromatic carbocycles. The number of halogens is 1. The molecule has 2 aliphatic heterocycles. The van der Waals surface area contributed by atoms with Crippen LogP contribution in [0.1, 0.15) is 74.6 Å². The number of anilines is 2. The van der Waals surface area contributed by atoms with E-state index in [1.807, 2.05) is 47.4 Å². The van der Waals surface area contributed by atoms with Gasteiger partial charge in [0, 0.05) is 32.0 Å². The highest BCUT2D eigenvalue weighted by molar-refractivity contribution is 5.91. The maximum atomic E-state index is 14.4. The van der Waals surface area contributed by atoms with E-state index in [2.05, 4.69) is 15.2 Å². The monoisotopic (exact) mass is 641 g/mol. The highest BCUT2D eigenvalue weighted by Gasteiger charge is 2.40. The molecule has 0 unspecified atom stereocenters. The Labute approximate surface area is 276 Å². The molecule has 1 saturated carbocycles. The summed E-state index contributed by atoms with van der Waals surface area (Å²) in [5.74, 6) is 0.114. The number of ether oxygens (including phenoxy) is 1. The Morgan fingerprint density at radius 3 is 2.57 bits per heavy atom. The molecule has 3 atom stereocenters. The van der Waals surface area contributed by atoms with Crippen molar-refractivity contribution in [3.05, 3.63) is 89.4 Å². The van der Waals surface area contributed by atoms with E-state index in [-0.39, 0.29) is 36.2 Å². The van der Waals surface area contributed by atoms with Gasteiger partial charge < -0.3 is 19.9 Å². The summed E-state index contributed by atoms with van der Waals surface area (Å²) in [5, 5.41) is 3.09. The highest BCUT2D eigenvalue weighted by Crippen LogP contribution is 2.38. The molecule has 248 valence electrons. The minimum atomic E-state index is -0.828. The van der Waals surface area contributed by atoms with Gasteiger partial charge >= 0.3 is 6.09 Å². The van der Waals surface area contributed by atoms with Gasteiger partial charge in [-0.05, 0) is 92.0 Å². The third-order valence-corrected chi connectivity index (χ3v) is 10.0. The smallest absolute Gasteiger partial charge is 0.410 e. The number of likely N-dealkylation sites (tertiary alicyclic amines) is 1. The number of aromatic nitrogens is 1. The lowest BCUT2D eigenvalue weighted by Crippen LogP contribution is -2.56. The molecule has 0 bridgehead atoms. The zero-order chi connectivity index (χ0) is 32.9. The number of hydrogen-bond donors (Lipinski definition) is 1. The van der Waals surface area contributed by atoms with Gasteiger partial charge in [0.25, 0.3) is 0 Å². The first-order valence-electron chi connectivity index (χ1n) is 16.9. The SMILES string of the molecule is C[C@@H](C(=O)N[C@H](C(=O)N1CCC[C@H]1c1ccnc(N2CCc3cc(F)ccc32)c1)C1CCCCC1)N(C)C(=O)OCc1ccccc1. The molecule has 9 nitrogen and oxygen atoms in total. The van der Waals surface area contributed by atoms with Crippen molar-refractivity contribution in [1.29, 1.82) is 0 Å². The summed E-state index contributed by atoms with van der Waals surface area (Å²) in [4.78, 5) is 50.8. The number of rotatable bonds is 9. The Balaban J connectivity index is 1.16. The Morgan fingerprint density at radius 1 is 1.00 bits per heavy atom. The third-order valence-electron chi connectivity index (χ3n) is 10.0. The second-order valence-electron chi connectivity index (χ2n) is 13.0. The van der Waals surface area contributed by atoms with Crippen molar-refractivity contribution >= 4 is 29.4 Å². The molecule has 2 fully saturated rings. The van der Waals surface area contributed by atoms with E-state index in [1.54, 1.807) is 32.3 Å². The van der Waals surface area contributed by atoms with E-state index in [0.717, 1.165) is 79.6 Å². The van der Waals surface area contributed by atoms with Crippen molar-refractivity contribution in [1.82, 2.24) is 20.1 Å². The molecule has 0 spiro atoms. The number of amides is 3. The molecule has 3 aromatic rings. The Bertz CT molecular complexity index is 1580. The van der Waals surface area contributed by atoms with Gasteiger partial charge in [-0.15, -0.1) is 0 Å². The van der Waals surface area contributed by atoms with Crippen molar-refractivity contribution in [2.24, 2.45) is 5.92 Å². The Morgan fingerprint density at radius 2 is 1.79 bits per heavy atom. The molecular weight excluding hydrogens is 597 g/mol. The molecule has 3 amide bonds. The molecule has 47 heavy (non-hydrogen) atoms. The van der Waals surface area contributed by atoms with Crippen LogP contribution in [0, 0.1) is 11.7 Å². The summed E-state index contributed by atoms with van der Waals surface area (Å²) in [6, 6.07) is 16.6. The van der Waals surface area contributed by atoms with Gasteiger partial charge in [0.2, 0.25) is 11.8 Å². The van der Waals surface area contributed by atoms with Crippen molar-refractivity contribution in [2.75, 3.05) is 25.0 Å². The minimum Gasteiger partial charge on any atom is -0.445 e. The summed E-state index contributed by atoms with van der Waals surface area (Å²) < 4.78 is 19.3. The lowest BCUT2D eigenvalue weighted by Gasteiger charge is -2.36. The molecule has 0 radical (unpaired) electrons. The lowest BCUT2D eigenvalue weighted by molar-refractivity contribution is -0.140. The molecule has 1 saturated heterocycles. The van der Waals surface area contributed by atoms with Crippen LogP contribution < -0.4 is 10.2 Å². The Kier molecular flexibility index (Phi) is 10.0. The van der Waals surface area contributed by atoms with Crippen LogP contribution in [0.3, 0.4) is 0 Å². The zero-order valence-corrected chi connectivity index (χ0v) is 27.2. The molecule has 3 aliphatic rings. The van der Waals surface area contributed by atoms with Crippen LogP contribution in [0.4, 0.5) is 20.7 Å². The predicted octanol–water partition coefficient (Wildman–Crippen LogP) is 6.30. The van der Waals surface area contributed by atoms with Gasteiger partial charge in [-0.2, -0.15) is 0 Å². The molecule has 6 rings (SSSR count). The van der Waals surface area contributed by atoms with E-state index in [4.69, 9.17) is 4.74 Å². The summed E-state index contributed by atoms with van der Waals surface area (Å²) >= 11 is 0. The number of fused-ring (bicyclic) bond motifs is 1. The zero-order valence-electron chi connectivity index (χ0n) is 27.2. The van der Waals surface area contributed by atoms with Crippen molar-refractivity contribution in [3.63, 3.8) is 0 Å². The fourth-order valence-electron chi connectivity index (χ4n) is 7.23. The molecule has 1 N–H and O–H groups in total. The topological polar surface area (TPSA) is 95.1 Å². The van der Waals surface area contributed by atoms with Crippen LogP contribution in [0.5, 0.6) is 0 Å². The van der Waals surface area contributed by atoms with Gasteiger partial charge in [-0.25, -0.2) is 14.2 Å². The predicted molar refractivity (Wildman–Crippen MR) is 177 cm³/mol. The highest BCUT2D eigenvalue weighted by atomic mass is 19.1. The third kappa shape index (κ3) is 7.26. The average Bonchev–Trinajstić information content (AvgIpc) is 3.77. The van der Waals surface area contributed by atoms with Gasteiger partial charge in [-0.1, -0.05) is 49.6 Å². The van der Waals surface area contributed by atoms with Gasteiger partial charge in [-0.3, -0.25) is 14.5 Å². The standard InChI is InChI=1S/C37H44FN5O4/c1-25(41(2)37(46)47-24-26-10-5-3-6-11-26)35(44)40-34(27-12-7-4-8-13-27)36(45)43-20-9-14-31(43)28-17-19-39-33(23-28)42-21-18-29-22-30(38)15-16-32(29)42/h3,5-6,10-11,15-17,19,22-23,25,27,31,34H,4,7-9,12-14,18,20-21,24H2,1-2H3,(H,40,44)/t25-,31-,34-/m0/s1. The van der Waals surface area contributed by atoms with Crippen LogP contribution >= 0.6 is 0 Å². The van der Waals surface area contributed by atoms with E-state index in [0.29, 0.717) is 13.1 Å². The largest absolute Gasteiger partial charge is 0.445 e. The number of carbonyl (C=O) groups is 3. The van der Waals surface area contributed by atoms with E-state index >= 15 is 0 Å². The lowest BCUT2D eigenvalue weighted by atomic mass is 9.83. The van der Waals surface area contributed by atoms with Crippen LogP contribution in [-0.2, 0) is 27.4 Å². The molecular formula is C37H44FN5O4. The number of hydrogen-bond acceptors (Lipinski definition) is 6. The van der Waals surface area contributed by atoms with Crippen LogP contribution in [0.15, 0.2) is 66.9 Å². The first-order valence-corrected chi connectivity index (χ1v) is 16.9. The molecule has 3 heterocycles. The molecule has 1 aromatic heterocycles. The summed E-state index contributed by atoms with van der Waals surface area (Å²) in [6.07, 6.45) is 8.49. The maximum Gasteiger partial charge on any atom is 0.410 e.